The summed E-state index contributed by atoms with van der Waals surface area (Å²) >= 11 is 1.82. The van der Waals surface area contributed by atoms with E-state index in [1.54, 1.807) is 0 Å². The third-order valence-electron chi connectivity index (χ3n) is 3.81. The summed E-state index contributed by atoms with van der Waals surface area (Å²) in [5.74, 6) is 1.88. The van der Waals surface area contributed by atoms with Crippen LogP contribution in [0.2, 0.25) is 0 Å². The summed E-state index contributed by atoms with van der Waals surface area (Å²) in [6.07, 6.45) is 1.52. The monoisotopic (exact) mass is 232 g/mol. The maximum absolute atomic E-state index is 10.7. The van der Waals surface area contributed by atoms with Crippen LogP contribution in [0.3, 0.4) is 0 Å². The highest BCUT2D eigenvalue weighted by Gasteiger charge is 2.57. The van der Waals surface area contributed by atoms with Crippen LogP contribution in [0.25, 0.3) is 0 Å². The molecular weight excluding hydrogens is 212 g/mol. The molecule has 0 aromatic heterocycles. The van der Waals surface area contributed by atoms with E-state index in [1.807, 2.05) is 25.6 Å². The van der Waals surface area contributed by atoms with Crippen LogP contribution in [0.5, 0.6) is 0 Å². The zero-order valence-corrected chi connectivity index (χ0v) is 10.3. The normalized spacial score (nSPS) is 44.8. The minimum atomic E-state index is -0.839. The first-order chi connectivity index (χ1) is 6.93. The number of rotatable bonds is 2. The van der Waals surface area contributed by atoms with Crippen molar-refractivity contribution in [2.24, 2.45) is 5.41 Å². The quantitative estimate of drug-likeness (QED) is 0.746. The van der Waals surface area contributed by atoms with E-state index in [4.69, 9.17) is 4.74 Å². The van der Waals surface area contributed by atoms with Gasteiger partial charge in [-0.1, -0.05) is 0 Å². The van der Waals surface area contributed by atoms with E-state index in [9.17, 15) is 10.2 Å². The molecule has 0 aromatic rings. The van der Waals surface area contributed by atoms with E-state index in [0.29, 0.717) is 13.0 Å². The van der Waals surface area contributed by atoms with Gasteiger partial charge in [0.15, 0.2) is 0 Å². The Bertz CT molecular complexity index is 248. The summed E-state index contributed by atoms with van der Waals surface area (Å²) < 4.78 is 5.62. The molecule has 0 saturated carbocycles. The first-order valence-electron chi connectivity index (χ1n) is 5.48. The first-order valence-corrected chi connectivity index (χ1v) is 6.64. The highest BCUT2D eigenvalue weighted by atomic mass is 32.2. The molecule has 0 amide bonds. The molecule has 0 aliphatic carbocycles. The van der Waals surface area contributed by atoms with Gasteiger partial charge in [-0.2, -0.15) is 11.8 Å². The van der Waals surface area contributed by atoms with Gasteiger partial charge < -0.3 is 14.9 Å². The maximum atomic E-state index is 10.7. The van der Waals surface area contributed by atoms with E-state index in [-0.39, 0.29) is 17.6 Å². The third-order valence-corrected chi connectivity index (χ3v) is 5.06. The molecule has 2 atom stereocenters. The minimum absolute atomic E-state index is 0.0654. The Morgan fingerprint density at radius 2 is 2.13 bits per heavy atom. The third kappa shape index (κ3) is 1.82. The summed E-state index contributed by atoms with van der Waals surface area (Å²) in [6, 6.07) is 0. The molecule has 0 aromatic carbocycles. The Hall–Kier alpha value is 0.230. The standard InChI is InChI=1S/C11H20O3S/c1-9(2)5-11(13,7-14-9)10(6-12)3-4-15-8-10/h12-13H,3-8H2,1-2H3. The summed E-state index contributed by atoms with van der Waals surface area (Å²) in [4.78, 5) is 0. The molecule has 2 heterocycles. The van der Waals surface area contributed by atoms with Crippen molar-refractivity contribution >= 4 is 11.8 Å². The van der Waals surface area contributed by atoms with Crippen molar-refractivity contribution in [3.63, 3.8) is 0 Å². The van der Waals surface area contributed by atoms with Gasteiger partial charge in [-0.3, -0.25) is 0 Å². The van der Waals surface area contributed by atoms with Crippen molar-refractivity contribution in [1.82, 2.24) is 0 Å². The highest BCUT2D eigenvalue weighted by molar-refractivity contribution is 7.99. The maximum Gasteiger partial charge on any atom is 0.0993 e. The summed E-state index contributed by atoms with van der Waals surface area (Å²) in [5.41, 5.74) is -1.44. The number of hydrogen-bond donors (Lipinski definition) is 2. The second kappa shape index (κ2) is 3.62. The van der Waals surface area contributed by atoms with Gasteiger partial charge in [0.1, 0.15) is 0 Å². The van der Waals surface area contributed by atoms with Gasteiger partial charge in [0.05, 0.1) is 24.4 Å². The van der Waals surface area contributed by atoms with E-state index in [1.165, 1.54) is 0 Å². The average molecular weight is 232 g/mol. The van der Waals surface area contributed by atoms with Crippen LogP contribution in [-0.4, -0.2) is 46.1 Å². The zero-order chi connectivity index (χ0) is 11.2. The van der Waals surface area contributed by atoms with Gasteiger partial charge in [-0.25, -0.2) is 0 Å². The topological polar surface area (TPSA) is 49.7 Å². The SMILES string of the molecule is CC1(C)CC(O)(C2(CO)CCSC2)CO1. The van der Waals surface area contributed by atoms with E-state index < -0.39 is 5.60 Å². The molecule has 4 heteroatoms. The number of hydrogen-bond acceptors (Lipinski definition) is 4. The van der Waals surface area contributed by atoms with Gasteiger partial charge in [-0.05, 0) is 26.0 Å². The molecule has 2 saturated heterocycles. The molecule has 0 spiro atoms. The molecular formula is C11H20O3S. The van der Waals surface area contributed by atoms with Crippen molar-refractivity contribution < 1.29 is 14.9 Å². The van der Waals surface area contributed by atoms with Crippen LogP contribution in [0.4, 0.5) is 0 Å². The van der Waals surface area contributed by atoms with E-state index in [0.717, 1.165) is 17.9 Å². The van der Waals surface area contributed by atoms with Crippen molar-refractivity contribution in [1.29, 1.82) is 0 Å². The predicted octanol–water partition coefficient (Wildman–Crippen LogP) is 1.03. The summed E-state index contributed by atoms with van der Waals surface area (Å²) in [6.45, 7) is 4.42. The molecule has 2 aliphatic heterocycles. The fourth-order valence-electron chi connectivity index (χ4n) is 2.71. The molecule has 2 unspecified atom stereocenters. The molecule has 0 bridgehead atoms. The summed E-state index contributed by atoms with van der Waals surface area (Å²) in [7, 11) is 0. The largest absolute Gasteiger partial charge is 0.396 e. The smallest absolute Gasteiger partial charge is 0.0993 e. The lowest BCUT2D eigenvalue weighted by molar-refractivity contribution is -0.0970. The Morgan fingerprint density at radius 1 is 1.40 bits per heavy atom. The number of aliphatic hydroxyl groups is 2. The molecule has 2 fully saturated rings. The van der Waals surface area contributed by atoms with Crippen molar-refractivity contribution in [3.05, 3.63) is 0 Å². The number of aliphatic hydroxyl groups excluding tert-OH is 1. The lowest BCUT2D eigenvalue weighted by Crippen LogP contribution is -2.52. The molecule has 15 heavy (non-hydrogen) atoms. The predicted molar refractivity (Wildman–Crippen MR) is 61.1 cm³/mol. The highest BCUT2D eigenvalue weighted by Crippen LogP contribution is 2.50. The fraction of sp³-hybridized carbons (Fsp3) is 1.00. The van der Waals surface area contributed by atoms with Gasteiger partial charge in [0.2, 0.25) is 0 Å². The fourth-order valence-corrected chi connectivity index (χ4v) is 4.28. The molecule has 2 N–H and O–H groups in total. The Kier molecular flexibility index (Phi) is 2.83. The van der Waals surface area contributed by atoms with Gasteiger partial charge >= 0.3 is 0 Å². The first kappa shape index (κ1) is 11.7. The average Bonchev–Trinajstić information content (AvgIpc) is 2.72. The number of ether oxygens (including phenoxy) is 1. The van der Waals surface area contributed by atoms with Crippen LogP contribution >= 0.6 is 11.8 Å². The molecule has 88 valence electrons. The van der Waals surface area contributed by atoms with Gasteiger partial charge in [0.25, 0.3) is 0 Å². The van der Waals surface area contributed by atoms with Crippen LogP contribution in [0.1, 0.15) is 26.7 Å². The molecule has 3 nitrogen and oxygen atoms in total. The minimum Gasteiger partial charge on any atom is -0.396 e. The lowest BCUT2D eigenvalue weighted by Gasteiger charge is -2.40. The van der Waals surface area contributed by atoms with Gasteiger partial charge in [0, 0.05) is 17.6 Å². The molecule has 2 rings (SSSR count). The Morgan fingerprint density at radius 3 is 2.53 bits per heavy atom. The van der Waals surface area contributed by atoms with Crippen LogP contribution in [0.15, 0.2) is 0 Å². The second-order valence-corrected chi connectivity index (χ2v) is 6.60. The van der Waals surface area contributed by atoms with Crippen LogP contribution < -0.4 is 0 Å². The van der Waals surface area contributed by atoms with Crippen LogP contribution in [-0.2, 0) is 4.74 Å². The number of thioether (sulfide) groups is 1. The zero-order valence-electron chi connectivity index (χ0n) is 9.45. The van der Waals surface area contributed by atoms with Crippen LogP contribution in [0, 0.1) is 5.41 Å². The summed E-state index contributed by atoms with van der Waals surface area (Å²) in [5, 5.41) is 20.3. The van der Waals surface area contributed by atoms with E-state index in [2.05, 4.69) is 0 Å². The Balaban J connectivity index is 2.21. The van der Waals surface area contributed by atoms with Crippen molar-refractivity contribution in [2.45, 2.75) is 37.9 Å². The van der Waals surface area contributed by atoms with Crippen molar-refractivity contribution in [3.8, 4) is 0 Å². The Labute approximate surface area is 95.2 Å². The van der Waals surface area contributed by atoms with E-state index >= 15 is 0 Å². The molecule has 2 aliphatic rings. The lowest BCUT2D eigenvalue weighted by atomic mass is 9.69. The molecule has 0 radical (unpaired) electrons. The van der Waals surface area contributed by atoms with Crippen molar-refractivity contribution in [2.75, 3.05) is 24.7 Å². The van der Waals surface area contributed by atoms with Gasteiger partial charge in [-0.15, -0.1) is 0 Å². The second-order valence-electron chi connectivity index (χ2n) is 5.50.